The predicted molar refractivity (Wildman–Crippen MR) is 75.5 cm³/mol. The first-order valence-corrected chi connectivity index (χ1v) is 7.19. The van der Waals surface area contributed by atoms with E-state index in [4.69, 9.17) is 17.3 Å². The van der Waals surface area contributed by atoms with Gasteiger partial charge in [-0.3, -0.25) is 0 Å². The molecule has 0 aliphatic heterocycles. The molecule has 0 saturated heterocycles. The van der Waals surface area contributed by atoms with E-state index in [1.54, 1.807) is 6.07 Å². The average molecular weight is 292 g/mol. The van der Waals surface area contributed by atoms with Crippen molar-refractivity contribution in [2.75, 3.05) is 5.73 Å². The molecule has 0 spiro atoms. The fourth-order valence-electron chi connectivity index (χ4n) is 2.01. The Kier molecular flexibility index (Phi) is 2.31. The van der Waals surface area contributed by atoms with Gasteiger partial charge in [-0.2, -0.15) is 9.61 Å². The van der Waals surface area contributed by atoms with Crippen molar-refractivity contribution < 1.29 is 0 Å². The lowest BCUT2D eigenvalue weighted by Crippen LogP contribution is -1.93. The molecule has 19 heavy (non-hydrogen) atoms. The Hall–Kier alpha value is -1.66. The largest absolute Gasteiger partial charge is 0.398 e. The Morgan fingerprint density at radius 2 is 2.16 bits per heavy atom. The summed E-state index contributed by atoms with van der Waals surface area (Å²) in [4.78, 5) is 0.824. The van der Waals surface area contributed by atoms with Crippen LogP contribution >= 0.6 is 22.9 Å². The van der Waals surface area contributed by atoms with Gasteiger partial charge in [-0.25, -0.2) is 0 Å². The van der Waals surface area contributed by atoms with E-state index < -0.39 is 0 Å². The number of benzene rings is 1. The normalized spacial score (nSPS) is 15.2. The highest BCUT2D eigenvalue weighted by Gasteiger charge is 2.30. The summed E-state index contributed by atoms with van der Waals surface area (Å²) >= 11 is 7.55. The second-order valence-corrected chi connectivity index (χ2v) is 6.03. The second-order valence-electron chi connectivity index (χ2n) is 4.67. The maximum Gasteiger partial charge on any atom is 0.234 e. The minimum Gasteiger partial charge on any atom is -0.398 e. The van der Waals surface area contributed by atoms with E-state index in [1.807, 2.05) is 16.6 Å². The molecule has 0 atom stereocenters. The van der Waals surface area contributed by atoms with Crippen molar-refractivity contribution in [1.82, 2.24) is 19.8 Å². The molecule has 1 fully saturated rings. The number of rotatable bonds is 2. The lowest BCUT2D eigenvalue weighted by Gasteiger charge is -1.99. The molecule has 1 saturated carbocycles. The molecule has 3 aromatic rings. The molecule has 0 bridgehead atoms. The number of anilines is 1. The zero-order valence-electron chi connectivity index (χ0n) is 9.88. The van der Waals surface area contributed by atoms with Crippen LogP contribution in [0.4, 0.5) is 5.69 Å². The molecule has 2 heterocycles. The third-order valence-corrected chi connectivity index (χ3v) is 4.48. The number of aromatic nitrogens is 4. The van der Waals surface area contributed by atoms with Gasteiger partial charge in [-0.1, -0.05) is 22.9 Å². The molecule has 1 aromatic carbocycles. The minimum atomic E-state index is 0.528. The van der Waals surface area contributed by atoms with Crippen molar-refractivity contribution in [3.05, 3.63) is 29.0 Å². The zero-order valence-corrected chi connectivity index (χ0v) is 11.4. The molecule has 0 radical (unpaired) electrons. The highest BCUT2D eigenvalue weighted by atomic mass is 35.5. The molecule has 1 aliphatic rings. The third-order valence-electron chi connectivity index (χ3n) is 3.20. The molecule has 2 aromatic heterocycles. The second kappa shape index (κ2) is 3.91. The molecule has 96 valence electrons. The fraction of sp³-hybridized carbons (Fsp3) is 0.250. The number of hydrogen-bond donors (Lipinski definition) is 1. The van der Waals surface area contributed by atoms with Crippen LogP contribution < -0.4 is 5.73 Å². The summed E-state index contributed by atoms with van der Waals surface area (Å²) in [6.45, 7) is 0. The Morgan fingerprint density at radius 3 is 2.89 bits per heavy atom. The van der Waals surface area contributed by atoms with Crippen LogP contribution in [0.15, 0.2) is 18.2 Å². The zero-order chi connectivity index (χ0) is 13.0. The van der Waals surface area contributed by atoms with Crippen LogP contribution in [0.25, 0.3) is 15.5 Å². The van der Waals surface area contributed by atoms with Crippen LogP contribution in [0, 0.1) is 0 Å². The van der Waals surface area contributed by atoms with Gasteiger partial charge in [0.1, 0.15) is 5.01 Å². The van der Waals surface area contributed by atoms with Crippen molar-refractivity contribution in [2.45, 2.75) is 18.8 Å². The number of fused-ring (bicyclic) bond motifs is 1. The highest BCUT2D eigenvalue weighted by molar-refractivity contribution is 7.19. The maximum atomic E-state index is 6.05. The lowest BCUT2D eigenvalue weighted by molar-refractivity contribution is 0.828. The Balaban J connectivity index is 1.84. The van der Waals surface area contributed by atoms with E-state index in [2.05, 4.69) is 15.3 Å². The monoisotopic (exact) mass is 291 g/mol. The fourth-order valence-corrected chi connectivity index (χ4v) is 3.03. The molecule has 0 unspecified atom stereocenters. The summed E-state index contributed by atoms with van der Waals surface area (Å²) in [7, 11) is 0. The first-order chi connectivity index (χ1) is 9.22. The van der Waals surface area contributed by atoms with Gasteiger partial charge < -0.3 is 5.73 Å². The smallest absolute Gasteiger partial charge is 0.234 e. The number of halogens is 1. The van der Waals surface area contributed by atoms with E-state index in [-0.39, 0.29) is 0 Å². The number of nitrogen functional groups attached to an aromatic ring is 1. The predicted octanol–water partition coefficient (Wildman–Crippen LogP) is 2.97. The molecule has 1 aliphatic carbocycles. The topological polar surface area (TPSA) is 69.1 Å². The van der Waals surface area contributed by atoms with Crippen molar-refractivity contribution in [1.29, 1.82) is 0 Å². The van der Waals surface area contributed by atoms with Crippen molar-refractivity contribution in [2.24, 2.45) is 0 Å². The molecule has 4 rings (SSSR count). The minimum absolute atomic E-state index is 0.528. The van der Waals surface area contributed by atoms with Gasteiger partial charge >= 0.3 is 0 Å². The van der Waals surface area contributed by atoms with E-state index >= 15 is 0 Å². The molecule has 5 nitrogen and oxygen atoms in total. The molecular formula is C12H10ClN5S. The van der Waals surface area contributed by atoms with Crippen LogP contribution in [0.5, 0.6) is 0 Å². The number of nitrogens with zero attached hydrogens (tertiary/aromatic N) is 4. The summed E-state index contributed by atoms with van der Waals surface area (Å²) < 4.78 is 1.85. The summed E-state index contributed by atoms with van der Waals surface area (Å²) in [6.07, 6.45) is 2.36. The van der Waals surface area contributed by atoms with Crippen LogP contribution in [-0.2, 0) is 0 Å². The lowest BCUT2D eigenvalue weighted by atomic mass is 10.2. The molecule has 7 heteroatoms. The summed E-state index contributed by atoms with van der Waals surface area (Å²) in [6, 6.07) is 5.55. The first kappa shape index (κ1) is 11.2. The van der Waals surface area contributed by atoms with Gasteiger partial charge in [0.25, 0.3) is 0 Å². The van der Waals surface area contributed by atoms with Gasteiger partial charge in [0.05, 0.1) is 10.7 Å². The van der Waals surface area contributed by atoms with Gasteiger partial charge in [-0.15, -0.1) is 10.2 Å². The standard InChI is InChI=1S/C12H10ClN5S/c13-8-5-7(3-4-9(8)14)11-17-18-10(6-1-2-6)15-16-12(18)19-11/h3-6H,1-2,14H2. The SMILES string of the molecule is Nc1ccc(-c2nn3c(C4CC4)nnc3s2)cc1Cl. The average Bonchev–Trinajstić information content (AvgIpc) is 3.01. The van der Waals surface area contributed by atoms with E-state index in [0.29, 0.717) is 16.6 Å². The highest BCUT2D eigenvalue weighted by Crippen LogP contribution is 2.40. The van der Waals surface area contributed by atoms with Crippen LogP contribution in [0.2, 0.25) is 5.02 Å². The van der Waals surface area contributed by atoms with Gasteiger partial charge in [0, 0.05) is 11.5 Å². The van der Waals surface area contributed by atoms with Crippen molar-refractivity contribution >= 4 is 33.6 Å². The van der Waals surface area contributed by atoms with E-state index in [9.17, 15) is 0 Å². The van der Waals surface area contributed by atoms with Gasteiger partial charge in [-0.05, 0) is 31.0 Å². The van der Waals surface area contributed by atoms with Crippen LogP contribution in [0.1, 0.15) is 24.6 Å². The van der Waals surface area contributed by atoms with Crippen molar-refractivity contribution in [3.8, 4) is 10.6 Å². The van der Waals surface area contributed by atoms with Crippen LogP contribution in [-0.4, -0.2) is 19.8 Å². The number of hydrogen-bond acceptors (Lipinski definition) is 5. The van der Waals surface area contributed by atoms with Crippen LogP contribution in [0.3, 0.4) is 0 Å². The summed E-state index contributed by atoms with van der Waals surface area (Å²) in [5, 5.41) is 14.4. The quantitative estimate of drug-likeness (QED) is 0.737. The maximum absolute atomic E-state index is 6.05. The summed E-state index contributed by atoms with van der Waals surface area (Å²) in [5.41, 5.74) is 7.25. The van der Waals surface area contributed by atoms with E-state index in [0.717, 1.165) is 21.4 Å². The Labute approximate surface area is 118 Å². The number of nitrogens with two attached hydrogens (primary N) is 1. The first-order valence-electron chi connectivity index (χ1n) is 6.00. The third kappa shape index (κ3) is 1.79. The molecular weight excluding hydrogens is 282 g/mol. The van der Waals surface area contributed by atoms with Crippen molar-refractivity contribution in [3.63, 3.8) is 0 Å². The van der Waals surface area contributed by atoms with Gasteiger partial charge in [0.2, 0.25) is 4.96 Å². The molecule has 2 N–H and O–H groups in total. The molecule has 0 amide bonds. The Morgan fingerprint density at radius 1 is 1.32 bits per heavy atom. The van der Waals surface area contributed by atoms with E-state index in [1.165, 1.54) is 24.2 Å². The Bertz CT molecular complexity index is 774. The summed E-state index contributed by atoms with van der Waals surface area (Å²) in [5.74, 6) is 1.50. The van der Waals surface area contributed by atoms with Gasteiger partial charge in [0.15, 0.2) is 5.82 Å².